The Kier molecular flexibility index (Phi) is 3.92. The molecule has 1 saturated carbocycles. The number of carbonyl (C=O) groups is 1. The van der Waals surface area contributed by atoms with Gasteiger partial charge in [-0.05, 0) is 37.8 Å². The molecule has 1 aromatic rings. The Hall–Kier alpha value is -1.72. The van der Waals surface area contributed by atoms with Gasteiger partial charge in [0.2, 0.25) is 5.91 Å². The number of primary amides is 1. The van der Waals surface area contributed by atoms with E-state index in [1.165, 1.54) is 0 Å². The Morgan fingerprint density at radius 2 is 1.75 bits per heavy atom. The van der Waals surface area contributed by atoms with Crippen LogP contribution in [0.15, 0.2) is 30.3 Å². The fourth-order valence-corrected chi connectivity index (χ4v) is 2.67. The number of hydrogen-bond acceptors (Lipinski definition) is 2. The summed E-state index contributed by atoms with van der Waals surface area (Å²) in [5.74, 6) is -1.94. The molecule has 0 heterocycles. The van der Waals surface area contributed by atoms with Gasteiger partial charge in [-0.1, -0.05) is 18.2 Å². The van der Waals surface area contributed by atoms with Gasteiger partial charge in [0, 0.05) is 5.69 Å². The molecule has 0 bridgehead atoms. The quantitative estimate of drug-likeness (QED) is 0.897. The maximum atomic E-state index is 12.7. The number of amides is 1. The molecule has 0 atom stereocenters. The smallest absolute Gasteiger partial charge is 0.371 e. The standard InChI is InChI=1S/C14H17F3N2O/c15-14(16,17)10-6-8-13(9-7-10,12(18)20)19-11-4-2-1-3-5-11/h1-5,10,19H,6-9H2,(H2,18,20). The van der Waals surface area contributed by atoms with Crippen LogP contribution >= 0.6 is 0 Å². The van der Waals surface area contributed by atoms with Crippen LogP contribution in [-0.2, 0) is 4.79 Å². The van der Waals surface area contributed by atoms with Crippen molar-refractivity contribution in [2.45, 2.75) is 37.4 Å². The zero-order valence-electron chi connectivity index (χ0n) is 10.9. The van der Waals surface area contributed by atoms with E-state index < -0.39 is 23.5 Å². The lowest BCUT2D eigenvalue weighted by atomic mass is 9.75. The van der Waals surface area contributed by atoms with E-state index in [1.807, 2.05) is 6.07 Å². The molecule has 1 aromatic carbocycles. The number of rotatable bonds is 3. The highest BCUT2D eigenvalue weighted by atomic mass is 19.4. The number of alkyl halides is 3. The van der Waals surface area contributed by atoms with E-state index >= 15 is 0 Å². The Labute approximate surface area is 115 Å². The zero-order chi connectivity index (χ0) is 14.8. The minimum Gasteiger partial charge on any atom is -0.371 e. The molecule has 1 aliphatic carbocycles. The predicted molar refractivity (Wildman–Crippen MR) is 70.0 cm³/mol. The first kappa shape index (κ1) is 14.7. The molecule has 1 aliphatic rings. The maximum Gasteiger partial charge on any atom is 0.391 e. The molecule has 3 nitrogen and oxygen atoms in total. The summed E-state index contributed by atoms with van der Waals surface area (Å²) in [4.78, 5) is 11.7. The van der Waals surface area contributed by atoms with Crippen molar-refractivity contribution in [3.05, 3.63) is 30.3 Å². The second kappa shape index (κ2) is 5.34. The number of para-hydroxylation sites is 1. The largest absolute Gasteiger partial charge is 0.391 e. The molecule has 0 saturated heterocycles. The average molecular weight is 286 g/mol. The molecular formula is C14H17F3N2O. The number of carbonyl (C=O) groups excluding carboxylic acids is 1. The molecule has 110 valence electrons. The summed E-state index contributed by atoms with van der Waals surface area (Å²) in [5, 5.41) is 3.02. The summed E-state index contributed by atoms with van der Waals surface area (Å²) in [5.41, 5.74) is 5.03. The summed E-state index contributed by atoms with van der Waals surface area (Å²) in [6, 6.07) is 8.93. The van der Waals surface area contributed by atoms with E-state index in [1.54, 1.807) is 24.3 Å². The number of halogens is 3. The highest BCUT2D eigenvalue weighted by molar-refractivity contribution is 5.88. The first-order chi connectivity index (χ1) is 9.33. The molecule has 3 N–H and O–H groups in total. The molecule has 0 spiro atoms. The van der Waals surface area contributed by atoms with Gasteiger partial charge in [-0.25, -0.2) is 0 Å². The number of nitrogens with two attached hydrogens (primary N) is 1. The Morgan fingerprint density at radius 1 is 1.20 bits per heavy atom. The third-order valence-corrected chi connectivity index (χ3v) is 3.93. The lowest BCUT2D eigenvalue weighted by Crippen LogP contribution is -2.53. The zero-order valence-corrected chi connectivity index (χ0v) is 10.9. The highest BCUT2D eigenvalue weighted by Crippen LogP contribution is 2.42. The van der Waals surface area contributed by atoms with Crippen molar-refractivity contribution in [3.8, 4) is 0 Å². The topological polar surface area (TPSA) is 55.1 Å². The molecule has 0 radical (unpaired) electrons. The van der Waals surface area contributed by atoms with Crippen molar-refractivity contribution in [3.63, 3.8) is 0 Å². The van der Waals surface area contributed by atoms with Crippen molar-refractivity contribution in [2.75, 3.05) is 5.32 Å². The number of benzene rings is 1. The van der Waals surface area contributed by atoms with E-state index in [9.17, 15) is 18.0 Å². The molecule has 0 aliphatic heterocycles. The number of nitrogens with one attached hydrogen (secondary N) is 1. The fourth-order valence-electron chi connectivity index (χ4n) is 2.67. The molecule has 2 rings (SSSR count). The molecule has 6 heteroatoms. The summed E-state index contributed by atoms with van der Waals surface area (Å²) >= 11 is 0. The second-order valence-corrected chi connectivity index (χ2v) is 5.25. The van der Waals surface area contributed by atoms with E-state index in [2.05, 4.69) is 5.32 Å². The van der Waals surface area contributed by atoms with Crippen LogP contribution in [0.5, 0.6) is 0 Å². The van der Waals surface area contributed by atoms with Gasteiger partial charge in [-0.15, -0.1) is 0 Å². The van der Waals surface area contributed by atoms with Crippen molar-refractivity contribution >= 4 is 11.6 Å². The van der Waals surface area contributed by atoms with Gasteiger partial charge in [-0.3, -0.25) is 4.79 Å². The SMILES string of the molecule is NC(=O)C1(Nc2ccccc2)CCC(C(F)(F)F)CC1. The Bertz CT molecular complexity index is 465. The normalized spacial score (nSPS) is 27.1. The van der Waals surface area contributed by atoms with Crippen LogP contribution < -0.4 is 11.1 Å². The molecule has 20 heavy (non-hydrogen) atoms. The summed E-state index contributed by atoms with van der Waals surface area (Å²) in [6.45, 7) is 0. The van der Waals surface area contributed by atoms with Crippen LogP contribution in [0.3, 0.4) is 0 Å². The Balaban J connectivity index is 2.12. The lowest BCUT2D eigenvalue weighted by Gasteiger charge is -2.39. The van der Waals surface area contributed by atoms with Crippen molar-refractivity contribution in [1.82, 2.24) is 0 Å². The fraction of sp³-hybridized carbons (Fsp3) is 0.500. The Morgan fingerprint density at radius 3 is 2.20 bits per heavy atom. The summed E-state index contributed by atoms with van der Waals surface area (Å²) in [7, 11) is 0. The minimum atomic E-state index is -4.20. The lowest BCUT2D eigenvalue weighted by molar-refractivity contribution is -0.184. The van der Waals surface area contributed by atoms with E-state index in [0.29, 0.717) is 5.69 Å². The van der Waals surface area contributed by atoms with Crippen molar-refractivity contribution < 1.29 is 18.0 Å². The summed E-state index contributed by atoms with van der Waals surface area (Å²) in [6.07, 6.45) is -4.15. The van der Waals surface area contributed by atoms with Crippen LogP contribution in [-0.4, -0.2) is 17.6 Å². The van der Waals surface area contributed by atoms with E-state index in [4.69, 9.17) is 5.73 Å². The van der Waals surface area contributed by atoms with Crippen molar-refractivity contribution in [1.29, 1.82) is 0 Å². The first-order valence-electron chi connectivity index (χ1n) is 6.53. The third kappa shape index (κ3) is 3.05. The predicted octanol–water partition coefficient (Wildman–Crippen LogP) is 3.08. The van der Waals surface area contributed by atoms with Crippen LogP contribution in [0.25, 0.3) is 0 Å². The van der Waals surface area contributed by atoms with Gasteiger partial charge >= 0.3 is 6.18 Å². The number of anilines is 1. The van der Waals surface area contributed by atoms with Crippen molar-refractivity contribution in [2.24, 2.45) is 11.7 Å². The second-order valence-electron chi connectivity index (χ2n) is 5.25. The first-order valence-corrected chi connectivity index (χ1v) is 6.53. The maximum absolute atomic E-state index is 12.7. The van der Waals surface area contributed by atoms with E-state index in [0.717, 1.165) is 0 Å². The third-order valence-electron chi connectivity index (χ3n) is 3.93. The monoisotopic (exact) mass is 286 g/mol. The molecule has 1 fully saturated rings. The minimum absolute atomic E-state index is 0.0771. The molecule has 1 amide bonds. The van der Waals surface area contributed by atoms with Gasteiger partial charge in [0.25, 0.3) is 0 Å². The van der Waals surface area contributed by atoms with Gasteiger partial charge in [0.1, 0.15) is 5.54 Å². The number of hydrogen-bond donors (Lipinski definition) is 2. The van der Waals surface area contributed by atoms with E-state index in [-0.39, 0.29) is 25.7 Å². The van der Waals surface area contributed by atoms with Gasteiger partial charge in [-0.2, -0.15) is 13.2 Å². The van der Waals surface area contributed by atoms with Crippen LogP contribution in [0.4, 0.5) is 18.9 Å². The summed E-state index contributed by atoms with van der Waals surface area (Å²) < 4.78 is 38.1. The average Bonchev–Trinajstić information content (AvgIpc) is 2.39. The molecular weight excluding hydrogens is 269 g/mol. The van der Waals surface area contributed by atoms with Crippen LogP contribution in [0.1, 0.15) is 25.7 Å². The highest BCUT2D eigenvalue weighted by Gasteiger charge is 2.48. The van der Waals surface area contributed by atoms with Gasteiger partial charge < -0.3 is 11.1 Å². The van der Waals surface area contributed by atoms with Gasteiger partial charge in [0.15, 0.2) is 0 Å². The van der Waals surface area contributed by atoms with Crippen LogP contribution in [0.2, 0.25) is 0 Å². The van der Waals surface area contributed by atoms with Crippen LogP contribution in [0, 0.1) is 5.92 Å². The molecule has 0 unspecified atom stereocenters. The molecule has 0 aromatic heterocycles. The van der Waals surface area contributed by atoms with Gasteiger partial charge in [0.05, 0.1) is 5.92 Å².